The lowest BCUT2D eigenvalue weighted by molar-refractivity contribution is -0.124. The van der Waals surface area contributed by atoms with Crippen LogP contribution in [0.1, 0.15) is 22.7 Å². The fraction of sp³-hybridized carbons (Fsp3) is 0.600. The van der Waals surface area contributed by atoms with Crippen molar-refractivity contribution in [1.82, 2.24) is 14.5 Å². The first kappa shape index (κ1) is 17.0. The Kier molecular flexibility index (Phi) is 4.16. The molecule has 24 heavy (non-hydrogen) atoms. The predicted octanol–water partition coefficient (Wildman–Crippen LogP) is -0.191. The fourth-order valence-electron chi connectivity index (χ4n) is 3.73. The molecule has 2 saturated heterocycles. The number of amides is 2. The van der Waals surface area contributed by atoms with E-state index in [2.05, 4.69) is 5.32 Å². The SMILES string of the molecule is CNC(=O)[C@H]1C[C@@H]2CN(C(=O)c3ccc(C)o3)C[C@@H]2N1S(C)(=O)=O. The van der Waals surface area contributed by atoms with E-state index >= 15 is 0 Å². The summed E-state index contributed by atoms with van der Waals surface area (Å²) in [5.41, 5.74) is 0. The van der Waals surface area contributed by atoms with Crippen LogP contribution < -0.4 is 5.32 Å². The second-order valence-corrected chi connectivity index (χ2v) is 8.29. The summed E-state index contributed by atoms with van der Waals surface area (Å²) in [6.45, 7) is 2.45. The van der Waals surface area contributed by atoms with Crippen molar-refractivity contribution in [3.05, 3.63) is 23.7 Å². The number of nitrogens with zero attached hydrogens (tertiary/aromatic N) is 2. The van der Waals surface area contributed by atoms with Crippen LogP contribution in [0.25, 0.3) is 0 Å². The number of carbonyl (C=O) groups excluding carboxylic acids is 2. The lowest BCUT2D eigenvalue weighted by Crippen LogP contribution is -2.49. The molecule has 2 aliphatic heterocycles. The van der Waals surface area contributed by atoms with Crippen molar-refractivity contribution in [2.24, 2.45) is 5.92 Å². The van der Waals surface area contributed by atoms with Gasteiger partial charge in [-0.2, -0.15) is 4.31 Å². The van der Waals surface area contributed by atoms with Crippen molar-refractivity contribution in [1.29, 1.82) is 0 Å². The van der Waals surface area contributed by atoms with E-state index in [0.717, 1.165) is 6.26 Å². The van der Waals surface area contributed by atoms with Gasteiger partial charge >= 0.3 is 0 Å². The molecule has 8 nitrogen and oxygen atoms in total. The van der Waals surface area contributed by atoms with E-state index in [9.17, 15) is 18.0 Å². The number of fused-ring (bicyclic) bond motifs is 1. The highest BCUT2D eigenvalue weighted by Crippen LogP contribution is 2.38. The second kappa shape index (κ2) is 5.89. The molecule has 2 aliphatic rings. The number of hydrogen-bond donors (Lipinski definition) is 1. The molecule has 132 valence electrons. The third-order valence-corrected chi connectivity index (χ3v) is 6.03. The fourth-order valence-corrected chi connectivity index (χ4v) is 5.11. The molecule has 1 aromatic heterocycles. The molecule has 1 aromatic rings. The third-order valence-electron chi connectivity index (χ3n) is 4.74. The number of rotatable bonds is 3. The minimum atomic E-state index is -3.56. The van der Waals surface area contributed by atoms with Gasteiger partial charge in [0.25, 0.3) is 5.91 Å². The Morgan fingerprint density at radius 2 is 2.00 bits per heavy atom. The minimum Gasteiger partial charge on any atom is -0.456 e. The standard InChI is InChI=1S/C15H21N3O5S/c1-9-4-5-13(23-9)15(20)17-7-10-6-11(14(19)16-2)18(12(10)8-17)24(3,21)22/h4-5,10-12H,6-8H2,1-3H3,(H,16,19)/t10-,11-,12+/m1/s1. The molecule has 2 fully saturated rings. The summed E-state index contributed by atoms with van der Waals surface area (Å²) in [6, 6.07) is 2.26. The summed E-state index contributed by atoms with van der Waals surface area (Å²) in [5.74, 6) is 0.287. The van der Waals surface area contributed by atoms with E-state index in [1.165, 1.54) is 11.4 Å². The first-order valence-electron chi connectivity index (χ1n) is 7.78. The molecule has 0 aliphatic carbocycles. The summed E-state index contributed by atoms with van der Waals surface area (Å²) in [5, 5.41) is 2.52. The van der Waals surface area contributed by atoms with Gasteiger partial charge in [-0.15, -0.1) is 0 Å². The average molecular weight is 355 g/mol. The zero-order chi connectivity index (χ0) is 17.6. The van der Waals surface area contributed by atoms with Crippen molar-refractivity contribution in [3.8, 4) is 0 Å². The van der Waals surface area contributed by atoms with Crippen LogP contribution in [0.5, 0.6) is 0 Å². The van der Waals surface area contributed by atoms with Gasteiger partial charge < -0.3 is 14.6 Å². The van der Waals surface area contributed by atoms with Crippen molar-refractivity contribution in [2.75, 3.05) is 26.4 Å². The average Bonchev–Trinajstić information content (AvgIpc) is 3.17. The highest BCUT2D eigenvalue weighted by Gasteiger charge is 2.53. The Balaban J connectivity index is 1.82. The van der Waals surface area contributed by atoms with Gasteiger partial charge in [0.1, 0.15) is 11.8 Å². The Labute approximate surface area is 140 Å². The number of likely N-dealkylation sites (N-methyl/N-ethyl adjacent to an activating group) is 1. The van der Waals surface area contributed by atoms with Crippen LogP contribution in [0.15, 0.2) is 16.5 Å². The summed E-state index contributed by atoms with van der Waals surface area (Å²) >= 11 is 0. The first-order chi connectivity index (χ1) is 11.2. The van der Waals surface area contributed by atoms with E-state index in [-0.39, 0.29) is 36.1 Å². The van der Waals surface area contributed by atoms with Gasteiger partial charge in [-0.3, -0.25) is 9.59 Å². The maximum Gasteiger partial charge on any atom is 0.289 e. The number of furan rings is 1. The summed E-state index contributed by atoms with van der Waals surface area (Å²) in [4.78, 5) is 26.1. The van der Waals surface area contributed by atoms with Crippen LogP contribution in [0.3, 0.4) is 0 Å². The second-order valence-electron chi connectivity index (χ2n) is 6.41. The molecule has 0 bridgehead atoms. The van der Waals surface area contributed by atoms with Crippen molar-refractivity contribution in [3.63, 3.8) is 0 Å². The van der Waals surface area contributed by atoms with Gasteiger partial charge in [0.15, 0.2) is 5.76 Å². The van der Waals surface area contributed by atoms with Crippen LogP contribution in [-0.4, -0.2) is 67.9 Å². The molecule has 2 amide bonds. The van der Waals surface area contributed by atoms with E-state index in [1.807, 2.05) is 0 Å². The largest absolute Gasteiger partial charge is 0.456 e. The number of likely N-dealkylation sites (tertiary alicyclic amines) is 1. The highest BCUT2D eigenvalue weighted by atomic mass is 32.2. The zero-order valence-corrected chi connectivity index (χ0v) is 14.7. The Morgan fingerprint density at radius 3 is 2.54 bits per heavy atom. The van der Waals surface area contributed by atoms with Crippen molar-refractivity contribution >= 4 is 21.8 Å². The lowest BCUT2D eigenvalue weighted by atomic mass is 10.0. The number of sulfonamides is 1. The molecule has 9 heteroatoms. The summed E-state index contributed by atoms with van der Waals surface area (Å²) in [7, 11) is -2.07. The van der Waals surface area contributed by atoms with E-state index in [4.69, 9.17) is 4.42 Å². The summed E-state index contributed by atoms with van der Waals surface area (Å²) in [6.07, 6.45) is 1.52. The topological polar surface area (TPSA) is 99.9 Å². The van der Waals surface area contributed by atoms with E-state index < -0.39 is 16.1 Å². The van der Waals surface area contributed by atoms with Gasteiger partial charge in [0.2, 0.25) is 15.9 Å². The van der Waals surface area contributed by atoms with Gasteiger partial charge in [0.05, 0.1) is 6.26 Å². The molecule has 0 radical (unpaired) electrons. The number of aryl methyl sites for hydroxylation is 1. The smallest absolute Gasteiger partial charge is 0.289 e. The maximum absolute atomic E-state index is 12.5. The molecule has 0 aromatic carbocycles. The van der Waals surface area contributed by atoms with E-state index in [0.29, 0.717) is 18.7 Å². The van der Waals surface area contributed by atoms with Gasteiger partial charge in [-0.25, -0.2) is 8.42 Å². The van der Waals surface area contributed by atoms with Crippen molar-refractivity contribution < 1.29 is 22.4 Å². The molecule has 0 unspecified atom stereocenters. The number of hydrogen-bond acceptors (Lipinski definition) is 5. The quantitative estimate of drug-likeness (QED) is 0.810. The van der Waals surface area contributed by atoms with Crippen molar-refractivity contribution in [2.45, 2.75) is 25.4 Å². The molecule has 1 N–H and O–H groups in total. The first-order valence-corrected chi connectivity index (χ1v) is 9.63. The molecule has 3 atom stereocenters. The lowest BCUT2D eigenvalue weighted by Gasteiger charge is -2.27. The zero-order valence-electron chi connectivity index (χ0n) is 13.9. The molecule has 0 saturated carbocycles. The third kappa shape index (κ3) is 2.82. The summed E-state index contributed by atoms with van der Waals surface area (Å²) < 4.78 is 31.0. The van der Waals surface area contributed by atoms with Crippen LogP contribution in [0.2, 0.25) is 0 Å². The van der Waals surface area contributed by atoms with Gasteiger partial charge in [-0.05, 0) is 31.4 Å². The Bertz CT molecular complexity index is 772. The van der Waals surface area contributed by atoms with Crippen LogP contribution in [-0.2, 0) is 14.8 Å². The predicted molar refractivity (Wildman–Crippen MR) is 85.8 cm³/mol. The number of nitrogens with one attached hydrogen (secondary N) is 1. The monoisotopic (exact) mass is 355 g/mol. The highest BCUT2D eigenvalue weighted by molar-refractivity contribution is 7.88. The number of carbonyl (C=O) groups is 2. The normalized spacial score (nSPS) is 27.3. The van der Waals surface area contributed by atoms with E-state index in [1.54, 1.807) is 24.0 Å². The molecule has 3 rings (SSSR count). The molecular formula is C15H21N3O5S. The van der Waals surface area contributed by atoms with Gasteiger partial charge in [-0.1, -0.05) is 0 Å². The van der Waals surface area contributed by atoms with Crippen LogP contribution in [0, 0.1) is 12.8 Å². The minimum absolute atomic E-state index is 0.0537. The Hall–Kier alpha value is -1.87. The molecule has 3 heterocycles. The molecular weight excluding hydrogens is 334 g/mol. The van der Waals surface area contributed by atoms with Gasteiger partial charge in [0, 0.05) is 26.2 Å². The van der Waals surface area contributed by atoms with Crippen LogP contribution >= 0.6 is 0 Å². The maximum atomic E-state index is 12.5. The molecule has 0 spiro atoms. The Morgan fingerprint density at radius 1 is 1.29 bits per heavy atom. The van der Waals surface area contributed by atoms with Crippen LogP contribution in [0.4, 0.5) is 0 Å².